The van der Waals surface area contributed by atoms with Crippen LogP contribution in [0.3, 0.4) is 0 Å². The molecule has 0 bridgehead atoms. The van der Waals surface area contributed by atoms with Crippen molar-refractivity contribution in [1.29, 1.82) is 0 Å². The Morgan fingerprint density at radius 1 is 1.33 bits per heavy atom. The third kappa shape index (κ3) is 2.81. The van der Waals surface area contributed by atoms with Gasteiger partial charge in [0.05, 0.1) is 19.3 Å². The second-order valence-electron chi connectivity index (χ2n) is 4.69. The minimum atomic E-state index is -0.592. The minimum absolute atomic E-state index is 0.241. The van der Waals surface area contributed by atoms with E-state index >= 15 is 0 Å². The van der Waals surface area contributed by atoms with Crippen molar-refractivity contribution in [3.05, 3.63) is 22.2 Å². The minimum Gasteiger partial charge on any atom is -0.493 e. The van der Waals surface area contributed by atoms with Crippen LogP contribution < -0.4 is 9.47 Å². The normalized spacial score (nSPS) is 17.8. The van der Waals surface area contributed by atoms with Crippen molar-refractivity contribution in [3.63, 3.8) is 0 Å². The molecule has 0 radical (unpaired) electrons. The molecule has 1 N–H and O–H groups in total. The second-order valence-corrected chi connectivity index (χ2v) is 5.55. The Labute approximate surface area is 116 Å². The van der Waals surface area contributed by atoms with Crippen molar-refractivity contribution < 1.29 is 14.6 Å². The van der Waals surface area contributed by atoms with Gasteiger partial charge in [-0.05, 0) is 44.7 Å². The first-order chi connectivity index (χ1) is 8.63. The lowest BCUT2D eigenvalue weighted by Gasteiger charge is -2.21. The number of halogens is 1. The van der Waals surface area contributed by atoms with Crippen molar-refractivity contribution >= 4 is 15.9 Å². The highest BCUT2D eigenvalue weighted by molar-refractivity contribution is 9.10. The Hall–Kier alpha value is -0.740. The van der Waals surface area contributed by atoms with Crippen LogP contribution in [-0.2, 0) is 0 Å². The summed E-state index contributed by atoms with van der Waals surface area (Å²) in [7, 11) is 1.62. The number of benzene rings is 1. The molecule has 18 heavy (non-hydrogen) atoms. The molecule has 0 aliphatic heterocycles. The molecular formula is C14H19BrO3. The number of hydrogen-bond donors (Lipinski definition) is 1. The average molecular weight is 315 g/mol. The van der Waals surface area contributed by atoms with Crippen LogP contribution in [0.15, 0.2) is 16.6 Å². The van der Waals surface area contributed by atoms with E-state index in [0.717, 1.165) is 22.9 Å². The van der Waals surface area contributed by atoms with Crippen LogP contribution in [0.5, 0.6) is 11.5 Å². The maximum Gasteiger partial charge on any atom is 0.168 e. The molecule has 1 atom stereocenters. The first-order valence-corrected chi connectivity index (χ1v) is 7.14. The van der Waals surface area contributed by atoms with E-state index < -0.39 is 6.10 Å². The van der Waals surface area contributed by atoms with Crippen molar-refractivity contribution in [1.82, 2.24) is 0 Å². The Morgan fingerprint density at radius 3 is 2.56 bits per heavy atom. The molecule has 1 aliphatic carbocycles. The van der Waals surface area contributed by atoms with Gasteiger partial charge in [0.2, 0.25) is 0 Å². The third-order valence-corrected chi connectivity index (χ3v) is 4.02. The number of rotatable bonds is 4. The monoisotopic (exact) mass is 314 g/mol. The lowest BCUT2D eigenvalue weighted by atomic mass is 10.1. The molecule has 0 spiro atoms. The fourth-order valence-corrected chi connectivity index (χ4v) is 3.04. The maximum absolute atomic E-state index is 9.91. The summed E-state index contributed by atoms with van der Waals surface area (Å²) in [5.74, 6) is 1.36. The summed E-state index contributed by atoms with van der Waals surface area (Å²) in [6, 6.07) is 3.74. The number of aliphatic hydroxyl groups excluding tert-OH is 1. The molecule has 0 amide bonds. The molecule has 100 valence electrons. The summed E-state index contributed by atoms with van der Waals surface area (Å²) in [5, 5.41) is 9.91. The second kappa shape index (κ2) is 5.93. The lowest BCUT2D eigenvalue weighted by molar-refractivity contribution is 0.168. The van der Waals surface area contributed by atoms with Gasteiger partial charge in [0.25, 0.3) is 0 Å². The van der Waals surface area contributed by atoms with Crippen LogP contribution in [0.25, 0.3) is 0 Å². The molecular weight excluding hydrogens is 296 g/mol. The number of methoxy groups -OCH3 is 1. The van der Waals surface area contributed by atoms with Gasteiger partial charge in [-0.15, -0.1) is 0 Å². The smallest absolute Gasteiger partial charge is 0.168 e. The van der Waals surface area contributed by atoms with E-state index in [1.807, 2.05) is 12.1 Å². The van der Waals surface area contributed by atoms with Crippen LogP contribution in [0, 0.1) is 0 Å². The zero-order valence-corrected chi connectivity index (χ0v) is 12.4. The average Bonchev–Trinajstić information content (AvgIpc) is 2.82. The van der Waals surface area contributed by atoms with Gasteiger partial charge in [-0.3, -0.25) is 0 Å². The SMILES string of the molecule is COc1ccc(Br)c(C(C)O)c1OC1CCCC1. The first-order valence-electron chi connectivity index (χ1n) is 6.34. The molecule has 1 saturated carbocycles. The molecule has 4 heteroatoms. The van der Waals surface area contributed by atoms with E-state index in [2.05, 4.69) is 15.9 Å². The molecule has 1 fully saturated rings. The van der Waals surface area contributed by atoms with E-state index in [0.29, 0.717) is 11.5 Å². The molecule has 0 heterocycles. The Bertz CT molecular complexity index is 412. The van der Waals surface area contributed by atoms with E-state index in [1.165, 1.54) is 12.8 Å². The largest absolute Gasteiger partial charge is 0.493 e. The predicted molar refractivity (Wildman–Crippen MR) is 74.2 cm³/mol. The van der Waals surface area contributed by atoms with Gasteiger partial charge >= 0.3 is 0 Å². The molecule has 0 saturated heterocycles. The van der Waals surface area contributed by atoms with Crippen molar-refractivity contribution in [2.24, 2.45) is 0 Å². The molecule has 1 aromatic carbocycles. The van der Waals surface area contributed by atoms with Gasteiger partial charge in [0.15, 0.2) is 11.5 Å². The highest BCUT2D eigenvalue weighted by Crippen LogP contribution is 2.41. The van der Waals surface area contributed by atoms with Crippen LogP contribution in [0.1, 0.15) is 44.3 Å². The molecule has 2 rings (SSSR count). The Balaban J connectivity index is 2.36. The fourth-order valence-electron chi connectivity index (χ4n) is 2.40. The van der Waals surface area contributed by atoms with Gasteiger partial charge in [-0.2, -0.15) is 0 Å². The summed E-state index contributed by atoms with van der Waals surface area (Å²) in [6.07, 6.45) is 4.23. The van der Waals surface area contributed by atoms with Crippen molar-refractivity contribution in [2.75, 3.05) is 7.11 Å². The van der Waals surface area contributed by atoms with Crippen molar-refractivity contribution in [3.8, 4) is 11.5 Å². The van der Waals surface area contributed by atoms with Crippen LogP contribution in [-0.4, -0.2) is 18.3 Å². The Kier molecular flexibility index (Phi) is 4.51. The van der Waals surface area contributed by atoms with E-state index in [-0.39, 0.29) is 6.10 Å². The Morgan fingerprint density at radius 2 is 2.00 bits per heavy atom. The third-order valence-electron chi connectivity index (χ3n) is 3.33. The topological polar surface area (TPSA) is 38.7 Å². The number of aliphatic hydroxyl groups is 1. The number of hydrogen-bond acceptors (Lipinski definition) is 3. The summed E-state index contributed by atoms with van der Waals surface area (Å²) in [4.78, 5) is 0. The van der Waals surface area contributed by atoms with Gasteiger partial charge in [0.1, 0.15) is 0 Å². The van der Waals surface area contributed by atoms with Crippen LogP contribution in [0.2, 0.25) is 0 Å². The van der Waals surface area contributed by atoms with Gasteiger partial charge in [-0.1, -0.05) is 15.9 Å². The molecule has 1 unspecified atom stereocenters. The predicted octanol–water partition coefficient (Wildman–Crippen LogP) is 3.83. The van der Waals surface area contributed by atoms with Crippen LogP contribution in [0.4, 0.5) is 0 Å². The maximum atomic E-state index is 9.91. The highest BCUT2D eigenvalue weighted by atomic mass is 79.9. The highest BCUT2D eigenvalue weighted by Gasteiger charge is 2.23. The molecule has 0 aromatic heterocycles. The van der Waals surface area contributed by atoms with Crippen LogP contribution >= 0.6 is 15.9 Å². The summed E-state index contributed by atoms with van der Waals surface area (Å²) < 4.78 is 12.3. The van der Waals surface area contributed by atoms with E-state index in [4.69, 9.17) is 9.47 Å². The number of ether oxygens (including phenoxy) is 2. The fraction of sp³-hybridized carbons (Fsp3) is 0.571. The van der Waals surface area contributed by atoms with E-state index in [9.17, 15) is 5.11 Å². The van der Waals surface area contributed by atoms with Gasteiger partial charge < -0.3 is 14.6 Å². The van der Waals surface area contributed by atoms with Crippen molar-refractivity contribution in [2.45, 2.75) is 44.8 Å². The summed E-state index contributed by atoms with van der Waals surface area (Å²) in [6.45, 7) is 1.74. The standard InChI is InChI=1S/C14H19BrO3/c1-9(16)13-11(15)7-8-12(17-2)14(13)18-10-5-3-4-6-10/h7-10,16H,3-6H2,1-2H3. The molecule has 1 aliphatic rings. The summed E-state index contributed by atoms with van der Waals surface area (Å²) in [5.41, 5.74) is 0.765. The zero-order chi connectivity index (χ0) is 13.1. The quantitative estimate of drug-likeness (QED) is 0.918. The van der Waals surface area contributed by atoms with Gasteiger partial charge in [-0.25, -0.2) is 0 Å². The van der Waals surface area contributed by atoms with E-state index in [1.54, 1.807) is 14.0 Å². The lowest BCUT2D eigenvalue weighted by Crippen LogP contribution is -2.14. The zero-order valence-electron chi connectivity index (χ0n) is 10.8. The molecule has 1 aromatic rings. The van der Waals surface area contributed by atoms with Gasteiger partial charge in [0, 0.05) is 10.0 Å². The first kappa shape index (κ1) is 13.7. The summed E-state index contributed by atoms with van der Waals surface area (Å²) >= 11 is 3.46. The molecule has 3 nitrogen and oxygen atoms in total.